The summed E-state index contributed by atoms with van der Waals surface area (Å²) in [5, 5.41) is 3.59. The van der Waals surface area contributed by atoms with E-state index in [0.717, 1.165) is 23.1 Å². The zero-order chi connectivity index (χ0) is 35.9. The molecule has 50 heavy (non-hydrogen) atoms. The quantitative estimate of drug-likeness (QED) is 0.0639. The van der Waals surface area contributed by atoms with Gasteiger partial charge < -0.3 is 34.3 Å². The summed E-state index contributed by atoms with van der Waals surface area (Å²) in [6, 6.07) is 13.9. The third-order valence-corrected chi connectivity index (χ3v) is 9.93. The van der Waals surface area contributed by atoms with E-state index in [2.05, 4.69) is 10.3 Å². The zero-order valence-electron chi connectivity index (χ0n) is 27.9. The molecule has 1 saturated carbocycles. The Labute approximate surface area is 288 Å². The van der Waals surface area contributed by atoms with E-state index < -0.39 is 36.5 Å². The maximum Gasteiger partial charge on any atom is 0.344 e. The van der Waals surface area contributed by atoms with Gasteiger partial charge in [-0.1, -0.05) is 0 Å². The van der Waals surface area contributed by atoms with E-state index in [-0.39, 0.29) is 61.8 Å². The van der Waals surface area contributed by atoms with E-state index in [4.69, 9.17) is 29.0 Å². The van der Waals surface area contributed by atoms with Crippen LogP contribution in [0.15, 0.2) is 66.9 Å². The lowest BCUT2D eigenvalue weighted by Crippen LogP contribution is -2.41. The number of pyridine rings is 1. The standard InChI is InChI=1S/C35H39F2N4O8P/c1-4-47-50(44,48-5-2)22-39-16-6-18-46-32-20-26-28(21-31(32)45-3)40-17-13-29(26)49-30-12-11-25(19-27(30)37)41(24-9-7-23(36)8-10-24)34(43)35(14-15-35)33(38)42/h7-13,17,19-21,39H,4-6,14-16,18,22H2,1-3H3,(H2,38,42). The first-order valence-electron chi connectivity index (χ1n) is 16.1. The molecule has 3 N–H and O–H groups in total. The van der Waals surface area contributed by atoms with Gasteiger partial charge in [0.15, 0.2) is 23.1 Å². The first kappa shape index (κ1) is 36.7. The van der Waals surface area contributed by atoms with Crippen LogP contribution in [0.4, 0.5) is 20.2 Å². The number of anilines is 2. The minimum atomic E-state index is -3.21. The van der Waals surface area contributed by atoms with Crippen LogP contribution in [-0.4, -0.2) is 56.6 Å². The summed E-state index contributed by atoms with van der Waals surface area (Å²) in [5.74, 6) is -1.77. The topological polar surface area (TPSA) is 152 Å². The molecule has 3 aromatic carbocycles. The van der Waals surface area contributed by atoms with E-state index in [1.165, 1.54) is 37.6 Å². The number of hydrogen-bond acceptors (Lipinski definition) is 10. The number of aromatic nitrogens is 1. The van der Waals surface area contributed by atoms with Crippen LogP contribution in [0.5, 0.6) is 23.0 Å². The smallest absolute Gasteiger partial charge is 0.344 e. The zero-order valence-corrected chi connectivity index (χ0v) is 28.8. The highest BCUT2D eigenvalue weighted by atomic mass is 31.2. The van der Waals surface area contributed by atoms with Gasteiger partial charge in [0.05, 0.1) is 44.4 Å². The molecule has 1 aliphatic carbocycles. The van der Waals surface area contributed by atoms with Crippen LogP contribution < -0.4 is 30.2 Å². The van der Waals surface area contributed by atoms with Gasteiger partial charge in [0, 0.05) is 29.4 Å². The Balaban J connectivity index is 1.33. The van der Waals surface area contributed by atoms with Crippen LogP contribution in [0, 0.1) is 17.0 Å². The average molecular weight is 713 g/mol. The molecule has 0 bridgehead atoms. The fourth-order valence-electron chi connectivity index (χ4n) is 5.32. The predicted molar refractivity (Wildman–Crippen MR) is 183 cm³/mol. The fraction of sp³-hybridized carbons (Fsp3) is 0.343. The summed E-state index contributed by atoms with van der Waals surface area (Å²) in [7, 11) is -1.71. The minimum absolute atomic E-state index is 0.0760. The van der Waals surface area contributed by atoms with Crippen LogP contribution in [0.25, 0.3) is 10.9 Å². The summed E-state index contributed by atoms with van der Waals surface area (Å²) in [5.41, 5.74) is 5.00. The maximum absolute atomic E-state index is 15.7. The molecule has 4 aromatic rings. The molecule has 1 fully saturated rings. The number of halogens is 2. The number of methoxy groups -OCH3 is 1. The van der Waals surface area contributed by atoms with Crippen molar-refractivity contribution in [2.24, 2.45) is 11.1 Å². The number of amides is 2. The molecular formula is C35H39F2N4O8P. The number of rotatable bonds is 18. The van der Waals surface area contributed by atoms with Crippen LogP contribution in [0.3, 0.4) is 0 Å². The van der Waals surface area contributed by atoms with Gasteiger partial charge in [-0.2, -0.15) is 0 Å². The highest BCUT2D eigenvalue weighted by Gasteiger charge is 2.57. The first-order chi connectivity index (χ1) is 24.0. The van der Waals surface area contributed by atoms with Crippen molar-refractivity contribution in [3.63, 3.8) is 0 Å². The molecule has 1 aliphatic rings. The van der Waals surface area contributed by atoms with E-state index in [0.29, 0.717) is 35.4 Å². The van der Waals surface area contributed by atoms with Crippen molar-refractivity contribution in [2.45, 2.75) is 33.1 Å². The lowest BCUT2D eigenvalue weighted by molar-refractivity contribution is -0.133. The van der Waals surface area contributed by atoms with Crippen molar-refractivity contribution in [2.75, 3.05) is 44.7 Å². The number of carbonyl (C=O) groups is 2. The van der Waals surface area contributed by atoms with Crippen LogP contribution >= 0.6 is 7.60 Å². The first-order valence-corrected chi connectivity index (χ1v) is 17.8. The Hall–Kier alpha value is -4.62. The lowest BCUT2D eigenvalue weighted by Gasteiger charge is -2.26. The Morgan fingerprint density at radius 1 is 0.940 bits per heavy atom. The Morgan fingerprint density at radius 3 is 2.26 bits per heavy atom. The maximum atomic E-state index is 15.7. The molecule has 1 heterocycles. The van der Waals surface area contributed by atoms with Crippen molar-refractivity contribution < 1.29 is 46.2 Å². The van der Waals surface area contributed by atoms with E-state index >= 15 is 4.39 Å². The highest BCUT2D eigenvalue weighted by molar-refractivity contribution is 7.53. The molecule has 0 atom stereocenters. The number of primary amides is 1. The molecule has 1 aromatic heterocycles. The summed E-state index contributed by atoms with van der Waals surface area (Å²) >= 11 is 0. The second kappa shape index (κ2) is 15.9. The Kier molecular flexibility index (Phi) is 11.7. The molecule has 0 spiro atoms. The number of fused-ring (bicyclic) bond motifs is 1. The van der Waals surface area contributed by atoms with Crippen molar-refractivity contribution in [3.8, 4) is 23.0 Å². The lowest BCUT2D eigenvalue weighted by atomic mass is 10.0. The largest absolute Gasteiger partial charge is 0.493 e. The van der Waals surface area contributed by atoms with Gasteiger partial charge in [-0.15, -0.1) is 0 Å². The SMILES string of the molecule is CCOP(=O)(CNCCCOc1cc2c(Oc3ccc(N(C(=O)C4(C(N)=O)CC4)c4ccc(F)cc4)cc3F)ccnc2cc1OC)OCC. The van der Waals surface area contributed by atoms with Crippen LogP contribution in [0.1, 0.15) is 33.1 Å². The molecule has 5 rings (SSSR count). The number of hydrogen-bond donors (Lipinski definition) is 2. The normalized spacial score (nSPS) is 13.5. The van der Waals surface area contributed by atoms with Gasteiger partial charge in [0.1, 0.15) is 17.0 Å². The van der Waals surface area contributed by atoms with Gasteiger partial charge >= 0.3 is 7.60 Å². The summed E-state index contributed by atoms with van der Waals surface area (Å²) in [6.07, 6.45) is 2.67. The molecule has 2 amide bonds. The Morgan fingerprint density at radius 2 is 1.64 bits per heavy atom. The molecule has 0 unspecified atom stereocenters. The molecular weight excluding hydrogens is 673 g/mol. The number of nitrogens with zero attached hydrogens (tertiary/aromatic N) is 2. The van der Waals surface area contributed by atoms with Gasteiger partial charge in [-0.05, 0) is 88.2 Å². The third-order valence-electron chi connectivity index (χ3n) is 8.01. The number of benzene rings is 3. The van der Waals surface area contributed by atoms with Crippen molar-refractivity contribution in [1.82, 2.24) is 10.3 Å². The van der Waals surface area contributed by atoms with Crippen LogP contribution in [0.2, 0.25) is 0 Å². The molecule has 266 valence electrons. The minimum Gasteiger partial charge on any atom is -0.493 e. The van der Waals surface area contributed by atoms with Gasteiger partial charge in [-0.25, -0.2) is 8.78 Å². The van der Waals surface area contributed by atoms with Gasteiger partial charge in [0.25, 0.3) is 0 Å². The highest BCUT2D eigenvalue weighted by Crippen LogP contribution is 2.49. The number of carbonyl (C=O) groups excluding carboxylic acids is 2. The van der Waals surface area contributed by atoms with E-state index in [1.54, 1.807) is 32.0 Å². The molecule has 12 nitrogen and oxygen atoms in total. The molecule has 0 saturated heterocycles. The monoisotopic (exact) mass is 712 g/mol. The summed E-state index contributed by atoms with van der Waals surface area (Å²) < 4.78 is 70.2. The molecule has 0 radical (unpaired) electrons. The van der Waals surface area contributed by atoms with Crippen molar-refractivity contribution in [1.29, 1.82) is 0 Å². The summed E-state index contributed by atoms with van der Waals surface area (Å²) in [6.45, 7) is 4.83. The number of ether oxygens (including phenoxy) is 3. The van der Waals surface area contributed by atoms with Crippen molar-refractivity contribution in [3.05, 3.63) is 78.5 Å². The van der Waals surface area contributed by atoms with Crippen molar-refractivity contribution >= 4 is 41.7 Å². The second-order valence-electron chi connectivity index (χ2n) is 11.4. The predicted octanol–water partition coefficient (Wildman–Crippen LogP) is 6.83. The van der Waals surface area contributed by atoms with Gasteiger partial charge in [0.2, 0.25) is 11.8 Å². The number of nitrogens with one attached hydrogen (secondary N) is 1. The van der Waals surface area contributed by atoms with E-state index in [9.17, 15) is 18.5 Å². The fourth-order valence-corrected chi connectivity index (χ4v) is 6.79. The molecule has 0 aliphatic heterocycles. The number of nitrogens with two attached hydrogens (primary N) is 1. The second-order valence-corrected chi connectivity index (χ2v) is 13.5. The molecule has 15 heteroatoms. The Bertz CT molecular complexity index is 1880. The van der Waals surface area contributed by atoms with E-state index in [1.807, 2.05) is 0 Å². The van der Waals surface area contributed by atoms with Crippen LogP contribution in [-0.2, 0) is 23.2 Å². The average Bonchev–Trinajstić information content (AvgIpc) is 3.91. The third kappa shape index (κ3) is 8.22. The van der Waals surface area contributed by atoms with Gasteiger partial charge in [-0.3, -0.25) is 24.0 Å². The summed E-state index contributed by atoms with van der Waals surface area (Å²) in [4.78, 5) is 31.4.